The molecule has 0 aliphatic heterocycles. The van der Waals surface area contributed by atoms with E-state index in [1.165, 1.54) is 0 Å². The third kappa shape index (κ3) is 1.14. The molecule has 74 valence electrons. The molecule has 2 heterocycles. The van der Waals surface area contributed by atoms with E-state index in [1.54, 1.807) is 6.20 Å². The number of nitrogens with two attached hydrogens (primary N) is 1. The monoisotopic (exact) mass is 190 g/mol. The van der Waals surface area contributed by atoms with Gasteiger partial charge >= 0.3 is 0 Å². The van der Waals surface area contributed by atoms with E-state index in [-0.39, 0.29) is 0 Å². The molecule has 4 heteroatoms. The van der Waals surface area contributed by atoms with Gasteiger partial charge in [0.05, 0.1) is 5.52 Å². The molecule has 0 bridgehead atoms. The zero-order chi connectivity index (χ0) is 10.3. The van der Waals surface area contributed by atoms with E-state index in [4.69, 9.17) is 5.73 Å². The van der Waals surface area contributed by atoms with Crippen LogP contribution < -0.4 is 5.73 Å². The highest BCUT2D eigenvalue weighted by Gasteiger charge is 2.12. The number of nitrogen functional groups attached to an aromatic ring is 1. The molecule has 0 saturated heterocycles. The Bertz CT molecular complexity index is 470. The number of aryl methyl sites for hydroxylation is 1. The quantitative estimate of drug-likeness (QED) is 0.744. The van der Waals surface area contributed by atoms with Crippen molar-refractivity contribution in [3.63, 3.8) is 0 Å². The van der Waals surface area contributed by atoms with Gasteiger partial charge in [0.25, 0.3) is 0 Å². The lowest BCUT2D eigenvalue weighted by Gasteiger charge is -2.05. The Morgan fingerprint density at radius 3 is 2.71 bits per heavy atom. The molecule has 0 fully saturated rings. The highest BCUT2D eigenvalue weighted by atomic mass is 15.1. The van der Waals surface area contributed by atoms with E-state index < -0.39 is 0 Å². The first-order valence-electron chi connectivity index (χ1n) is 4.68. The third-order valence-electron chi connectivity index (χ3n) is 2.36. The molecule has 2 N–H and O–H groups in total. The summed E-state index contributed by atoms with van der Waals surface area (Å²) < 4.78 is 2.02. The molecule has 0 spiro atoms. The minimum absolute atomic E-state index is 0.395. The molecule has 0 saturated carbocycles. The second-order valence-electron chi connectivity index (χ2n) is 3.75. The molecule has 2 aromatic heterocycles. The average molecular weight is 190 g/mol. The smallest absolute Gasteiger partial charge is 0.149 e. The molecule has 0 aliphatic carbocycles. The van der Waals surface area contributed by atoms with Gasteiger partial charge in [0, 0.05) is 19.2 Å². The Morgan fingerprint density at radius 1 is 1.43 bits per heavy atom. The first-order chi connectivity index (χ1) is 6.61. The number of anilines is 1. The van der Waals surface area contributed by atoms with Crippen molar-refractivity contribution in [1.29, 1.82) is 0 Å². The van der Waals surface area contributed by atoms with Crippen LogP contribution in [0.25, 0.3) is 11.0 Å². The minimum atomic E-state index is 0.395. The summed E-state index contributed by atoms with van der Waals surface area (Å²) >= 11 is 0. The van der Waals surface area contributed by atoms with E-state index in [2.05, 4.69) is 23.8 Å². The predicted molar refractivity (Wildman–Crippen MR) is 57.0 cm³/mol. The second kappa shape index (κ2) is 2.97. The van der Waals surface area contributed by atoms with Crippen LogP contribution in [0.5, 0.6) is 0 Å². The molecule has 0 aliphatic rings. The summed E-state index contributed by atoms with van der Waals surface area (Å²) in [6.45, 7) is 4.23. The number of rotatable bonds is 1. The first-order valence-corrected chi connectivity index (χ1v) is 4.68. The van der Waals surface area contributed by atoms with Gasteiger partial charge in [-0.1, -0.05) is 13.8 Å². The Morgan fingerprint density at radius 2 is 2.14 bits per heavy atom. The fraction of sp³-hybridized carbons (Fsp3) is 0.400. The Balaban J connectivity index is 2.81. The van der Waals surface area contributed by atoms with E-state index in [0.717, 1.165) is 16.9 Å². The van der Waals surface area contributed by atoms with Crippen molar-refractivity contribution in [2.75, 3.05) is 5.73 Å². The topological polar surface area (TPSA) is 56.7 Å². The highest BCUT2D eigenvalue weighted by Crippen LogP contribution is 2.22. The number of pyridine rings is 1. The van der Waals surface area contributed by atoms with Crippen molar-refractivity contribution in [3.8, 4) is 0 Å². The fourth-order valence-electron chi connectivity index (χ4n) is 1.72. The second-order valence-corrected chi connectivity index (χ2v) is 3.75. The number of imidazole rings is 1. The van der Waals surface area contributed by atoms with Crippen LogP contribution in [0.2, 0.25) is 0 Å². The van der Waals surface area contributed by atoms with E-state index in [0.29, 0.717) is 11.7 Å². The van der Waals surface area contributed by atoms with Gasteiger partial charge in [0.15, 0.2) is 0 Å². The number of fused-ring (bicyclic) bond motifs is 1. The molecule has 2 aromatic rings. The van der Waals surface area contributed by atoms with Crippen LogP contribution in [0.15, 0.2) is 12.3 Å². The van der Waals surface area contributed by atoms with Crippen molar-refractivity contribution < 1.29 is 0 Å². The zero-order valence-electron chi connectivity index (χ0n) is 8.65. The van der Waals surface area contributed by atoms with Crippen molar-refractivity contribution in [2.24, 2.45) is 7.05 Å². The predicted octanol–water partition coefficient (Wildman–Crippen LogP) is 1.67. The van der Waals surface area contributed by atoms with Crippen LogP contribution >= 0.6 is 0 Å². The van der Waals surface area contributed by atoms with E-state index in [1.807, 2.05) is 17.7 Å². The van der Waals surface area contributed by atoms with Gasteiger partial charge in [-0.25, -0.2) is 9.97 Å². The molecule has 2 rings (SSSR count). The summed E-state index contributed by atoms with van der Waals surface area (Å²) in [5, 5.41) is 0. The molecule has 0 unspecified atom stereocenters. The molecule has 0 radical (unpaired) electrons. The Labute approximate surface area is 82.8 Å². The number of hydrogen-bond acceptors (Lipinski definition) is 3. The normalized spacial score (nSPS) is 11.4. The van der Waals surface area contributed by atoms with Gasteiger partial charge in [-0.2, -0.15) is 0 Å². The molecule has 14 heavy (non-hydrogen) atoms. The lowest BCUT2D eigenvalue weighted by atomic mass is 10.2. The van der Waals surface area contributed by atoms with E-state index >= 15 is 0 Å². The van der Waals surface area contributed by atoms with Crippen LogP contribution in [0.3, 0.4) is 0 Å². The van der Waals surface area contributed by atoms with Crippen molar-refractivity contribution in [3.05, 3.63) is 18.1 Å². The Kier molecular flexibility index (Phi) is 1.91. The van der Waals surface area contributed by atoms with Crippen molar-refractivity contribution >= 4 is 16.9 Å². The average Bonchev–Trinajstić information content (AvgIpc) is 2.45. The SMILES string of the molecule is CC(C)c1nc2ccnc(N)c2n1C. The van der Waals surface area contributed by atoms with Gasteiger partial charge in [-0.15, -0.1) is 0 Å². The third-order valence-corrected chi connectivity index (χ3v) is 2.36. The molecule has 0 atom stereocenters. The van der Waals surface area contributed by atoms with Gasteiger partial charge < -0.3 is 10.3 Å². The van der Waals surface area contributed by atoms with E-state index in [9.17, 15) is 0 Å². The minimum Gasteiger partial charge on any atom is -0.382 e. The largest absolute Gasteiger partial charge is 0.382 e. The van der Waals surface area contributed by atoms with Gasteiger partial charge in [0.1, 0.15) is 17.2 Å². The standard InChI is InChI=1S/C10H14N4/c1-6(2)10-13-7-4-5-12-9(11)8(7)14(10)3/h4-6H,1-3H3,(H2,11,12). The highest BCUT2D eigenvalue weighted by molar-refractivity contribution is 5.85. The summed E-state index contributed by atoms with van der Waals surface area (Å²) in [6.07, 6.45) is 1.69. The fourth-order valence-corrected chi connectivity index (χ4v) is 1.72. The first kappa shape index (κ1) is 8.99. The van der Waals surface area contributed by atoms with Crippen molar-refractivity contribution in [2.45, 2.75) is 19.8 Å². The van der Waals surface area contributed by atoms with Crippen LogP contribution in [0.4, 0.5) is 5.82 Å². The lowest BCUT2D eigenvalue weighted by Crippen LogP contribution is -2.01. The molecule has 4 nitrogen and oxygen atoms in total. The lowest BCUT2D eigenvalue weighted by molar-refractivity contribution is 0.722. The maximum atomic E-state index is 5.80. The summed E-state index contributed by atoms with van der Waals surface area (Å²) in [7, 11) is 1.97. The van der Waals surface area contributed by atoms with Gasteiger partial charge in [-0.05, 0) is 6.07 Å². The molecule has 0 aromatic carbocycles. The zero-order valence-corrected chi connectivity index (χ0v) is 8.65. The molecule has 0 amide bonds. The maximum Gasteiger partial charge on any atom is 0.149 e. The summed E-state index contributed by atoms with van der Waals surface area (Å²) in [6, 6.07) is 1.89. The van der Waals surface area contributed by atoms with Gasteiger partial charge in [-0.3, -0.25) is 0 Å². The summed E-state index contributed by atoms with van der Waals surface area (Å²) in [4.78, 5) is 8.57. The van der Waals surface area contributed by atoms with Crippen molar-refractivity contribution in [1.82, 2.24) is 14.5 Å². The summed E-state index contributed by atoms with van der Waals surface area (Å²) in [5.74, 6) is 1.98. The summed E-state index contributed by atoms with van der Waals surface area (Å²) in [5.41, 5.74) is 7.65. The van der Waals surface area contributed by atoms with Gasteiger partial charge in [0.2, 0.25) is 0 Å². The van der Waals surface area contributed by atoms with Crippen LogP contribution in [-0.4, -0.2) is 14.5 Å². The van der Waals surface area contributed by atoms with Crippen LogP contribution in [-0.2, 0) is 7.05 Å². The van der Waals surface area contributed by atoms with Crippen LogP contribution in [0.1, 0.15) is 25.6 Å². The number of hydrogen-bond donors (Lipinski definition) is 1. The van der Waals surface area contributed by atoms with Crippen LogP contribution in [0, 0.1) is 0 Å². The molecular weight excluding hydrogens is 176 g/mol. The number of aromatic nitrogens is 3. The number of nitrogens with zero attached hydrogens (tertiary/aromatic N) is 3. The Hall–Kier alpha value is -1.58. The maximum absolute atomic E-state index is 5.80. The molecular formula is C10H14N4.